The van der Waals surface area contributed by atoms with Crippen LogP contribution in [0.5, 0.6) is 0 Å². The summed E-state index contributed by atoms with van der Waals surface area (Å²) in [6.07, 6.45) is 2.47. The van der Waals surface area contributed by atoms with Crippen LogP contribution in [0.3, 0.4) is 0 Å². The molecule has 8 heteroatoms. The van der Waals surface area contributed by atoms with Gasteiger partial charge < -0.3 is 10.2 Å². The van der Waals surface area contributed by atoms with Crippen molar-refractivity contribution in [2.75, 3.05) is 0 Å². The van der Waals surface area contributed by atoms with Gasteiger partial charge >= 0.3 is 11.9 Å². The van der Waals surface area contributed by atoms with Crippen molar-refractivity contribution in [2.24, 2.45) is 0 Å². The molecular weight excluding hydrogens is 476 g/mol. The number of aryl methyl sites for hydroxylation is 2. The summed E-state index contributed by atoms with van der Waals surface area (Å²) in [4.78, 5) is 42.4. The number of nitrogens with zero attached hydrogens (tertiary/aromatic N) is 2. The highest BCUT2D eigenvalue weighted by molar-refractivity contribution is 7.10. The Kier molecular flexibility index (Phi) is 7.45. The van der Waals surface area contributed by atoms with Gasteiger partial charge in [-0.25, -0.2) is 14.6 Å². The summed E-state index contributed by atoms with van der Waals surface area (Å²) in [7, 11) is 0. The zero-order valence-corrected chi connectivity index (χ0v) is 20.8. The molecule has 184 valence electrons. The first-order valence-electron chi connectivity index (χ1n) is 11.6. The fourth-order valence-electron chi connectivity index (χ4n) is 4.25. The van der Waals surface area contributed by atoms with Crippen LogP contribution in [0.4, 0.5) is 0 Å². The molecule has 0 unspecified atom stereocenters. The molecule has 2 heterocycles. The van der Waals surface area contributed by atoms with Crippen molar-refractivity contribution in [3.63, 3.8) is 0 Å². The Morgan fingerprint density at radius 1 is 0.944 bits per heavy atom. The van der Waals surface area contributed by atoms with Crippen LogP contribution < -0.4 is 5.56 Å². The van der Waals surface area contributed by atoms with E-state index in [-0.39, 0.29) is 23.2 Å². The lowest BCUT2D eigenvalue weighted by atomic mass is 9.96. The van der Waals surface area contributed by atoms with Crippen molar-refractivity contribution in [3.05, 3.63) is 97.9 Å². The maximum absolute atomic E-state index is 13.8. The molecule has 0 saturated heterocycles. The van der Waals surface area contributed by atoms with Crippen LogP contribution in [-0.2, 0) is 13.0 Å². The lowest BCUT2D eigenvalue weighted by Crippen LogP contribution is -2.28. The third kappa shape index (κ3) is 4.99. The van der Waals surface area contributed by atoms with Gasteiger partial charge in [-0.2, -0.15) is 0 Å². The number of hydrogen-bond acceptors (Lipinski definition) is 5. The molecule has 0 atom stereocenters. The number of rotatable bonds is 9. The molecule has 2 aromatic heterocycles. The van der Waals surface area contributed by atoms with Crippen LogP contribution in [0.15, 0.2) is 64.8 Å². The Morgan fingerprint density at radius 3 is 2.28 bits per heavy atom. The van der Waals surface area contributed by atoms with E-state index in [0.717, 1.165) is 18.4 Å². The highest BCUT2D eigenvalue weighted by Gasteiger charge is 2.20. The minimum absolute atomic E-state index is 0.127. The van der Waals surface area contributed by atoms with Gasteiger partial charge in [0.1, 0.15) is 5.82 Å². The molecule has 0 spiro atoms. The monoisotopic (exact) mass is 502 g/mol. The van der Waals surface area contributed by atoms with Gasteiger partial charge in [0.15, 0.2) is 0 Å². The normalized spacial score (nSPS) is 10.9. The predicted molar refractivity (Wildman–Crippen MR) is 140 cm³/mol. The highest BCUT2D eigenvalue weighted by Crippen LogP contribution is 2.28. The molecule has 0 fully saturated rings. The number of aromatic nitrogens is 2. The molecule has 0 aliphatic heterocycles. The minimum Gasteiger partial charge on any atom is -0.478 e. The van der Waals surface area contributed by atoms with E-state index in [9.17, 15) is 24.6 Å². The largest absolute Gasteiger partial charge is 0.478 e. The van der Waals surface area contributed by atoms with E-state index in [4.69, 9.17) is 4.98 Å². The molecule has 0 radical (unpaired) electrons. The first kappa shape index (κ1) is 25.1. The Bertz CT molecular complexity index is 1480. The second kappa shape index (κ2) is 10.7. The smallest absolute Gasteiger partial charge is 0.336 e. The van der Waals surface area contributed by atoms with Crippen LogP contribution >= 0.6 is 11.3 Å². The van der Waals surface area contributed by atoms with Crippen molar-refractivity contribution in [1.82, 2.24) is 9.55 Å². The maximum Gasteiger partial charge on any atom is 0.336 e. The molecule has 4 aromatic rings. The van der Waals surface area contributed by atoms with Gasteiger partial charge in [0.25, 0.3) is 5.56 Å². The molecule has 2 aromatic carbocycles. The fourth-order valence-corrected chi connectivity index (χ4v) is 5.11. The topological polar surface area (TPSA) is 109 Å². The molecule has 0 bridgehead atoms. The maximum atomic E-state index is 13.8. The first-order valence-corrected chi connectivity index (χ1v) is 12.5. The molecule has 36 heavy (non-hydrogen) atoms. The zero-order chi connectivity index (χ0) is 25.8. The van der Waals surface area contributed by atoms with Gasteiger partial charge in [-0.3, -0.25) is 9.36 Å². The van der Waals surface area contributed by atoms with E-state index in [0.29, 0.717) is 39.5 Å². The number of benzene rings is 2. The van der Waals surface area contributed by atoms with Crippen LogP contribution in [-0.4, -0.2) is 31.7 Å². The Morgan fingerprint density at radius 2 is 1.61 bits per heavy atom. The van der Waals surface area contributed by atoms with Gasteiger partial charge in [-0.15, -0.1) is 11.3 Å². The van der Waals surface area contributed by atoms with Crippen LogP contribution in [0.25, 0.3) is 22.3 Å². The van der Waals surface area contributed by atoms with Crippen molar-refractivity contribution >= 4 is 23.3 Å². The summed E-state index contributed by atoms with van der Waals surface area (Å²) in [6, 6.07) is 15.6. The van der Waals surface area contributed by atoms with Crippen molar-refractivity contribution in [2.45, 2.75) is 39.7 Å². The fraction of sp³-hybridized carbons (Fsp3) is 0.214. The molecule has 0 aliphatic carbocycles. The van der Waals surface area contributed by atoms with E-state index in [1.54, 1.807) is 42.6 Å². The summed E-state index contributed by atoms with van der Waals surface area (Å²) in [5.41, 5.74) is 3.38. The van der Waals surface area contributed by atoms with Gasteiger partial charge in [0, 0.05) is 4.88 Å². The second-order valence-corrected chi connectivity index (χ2v) is 9.47. The van der Waals surface area contributed by atoms with Crippen molar-refractivity contribution in [1.29, 1.82) is 0 Å². The molecule has 4 rings (SSSR count). The second-order valence-electron chi connectivity index (χ2n) is 8.47. The first-order chi connectivity index (χ1) is 17.3. The van der Waals surface area contributed by atoms with Gasteiger partial charge in [-0.1, -0.05) is 55.8 Å². The summed E-state index contributed by atoms with van der Waals surface area (Å²) < 4.78 is 1.52. The zero-order valence-electron chi connectivity index (χ0n) is 20.0. The number of thiophene rings is 1. The molecule has 0 saturated carbocycles. The minimum atomic E-state index is -1.03. The van der Waals surface area contributed by atoms with Gasteiger partial charge in [-0.05, 0) is 54.0 Å². The third-order valence-corrected chi connectivity index (χ3v) is 7.03. The lowest BCUT2D eigenvalue weighted by molar-refractivity contribution is 0.0686. The summed E-state index contributed by atoms with van der Waals surface area (Å²) in [6.45, 7) is 3.97. The standard InChI is InChI=1S/C28H26N2O5S/c1-3-4-9-23-25(19-12-10-18(11-13-19)20-7-5-6-8-21(20)27(32)33)26(31)30(17(2)29-23)16-24-22(28(34)35)14-15-36-24/h5-8,10-15H,3-4,9,16H2,1-2H3,(H,32,33)(H,34,35). The Balaban J connectivity index is 1.81. The predicted octanol–water partition coefficient (Wildman–Crippen LogP) is 5.73. The quantitative estimate of drug-likeness (QED) is 0.302. The number of aromatic carboxylic acids is 2. The number of carboxylic acid groups (broad SMARTS) is 2. The Hall–Kier alpha value is -4.04. The SMILES string of the molecule is CCCCc1nc(C)n(Cc2sccc2C(=O)O)c(=O)c1-c1ccc(-c2ccccc2C(=O)O)cc1. The number of hydrogen-bond donors (Lipinski definition) is 2. The summed E-state index contributed by atoms with van der Waals surface area (Å²) in [5, 5.41) is 20.7. The average molecular weight is 503 g/mol. The average Bonchev–Trinajstić information content (AvgIpc) is 3.34. The van der Waals surface area contributed by atoms with E-state index in [1.807, 2.05) is 24.3 Å². The van der Waals surface area contributed by atoms with E-state index in [2.05, 4.69) is 6.92 Å². The van der Waals surface area contributed by atoms with E-state index >= 15 is 0 Å². The number of carboxylic acids is 2. The number of unbranched alkanes of at least 4 members (excludes halogenated alkanes) is 1. The molecule has 7 nitrogen and oxygen atoms in total. The molecule has 2 N–H and O–H groups in total. The van der Waals surface area contributed by atoms with Crippen LogP contribution in [0.2, 0.25) is 0 Å². The van der Waals surface area contributed by atoms with Crippen molar-refractivity contribution < 1.29 is 19.8 Å². The van der Waals surface area contributed by atoms with Crippen molar-refractivity contribution in [3.8, 4) is 22.3 Å². The van der Waals surface area contributed by atoms with Crippen LogP contribution in [0.1, 0.15) is 56.9 Å². The summed E-state index contributed by atoms with van der Waals surface area (Å²) >= 11 is 1.30. The third-order valence-electron chi connectivity index (χ3n) is 6.12. The van der Waals surface area contributed by atoms with Crippen LogP contribution in [0, 0.1) is 6.92 Å². The van der Waals surface area contributed by atoms with E-state index < -0.39 is 11.9 Å². The highest BCUT2D eigenvalue weighted by atomic mass is 32.1. The molecule has 0 amide bonds. The van der Waals surface area contributed by atoms with Gasteiger partial charge in [0.05, 0.1) is 28.9 Å². The summed E-state index contributed by atoms with van der Waals surface area (Å²) in [5.74, 6) is -1.50. The number of carbonyl (C=O) groups is 2. The Labute approximate surface area is 212 Å². The lowest BCUT2D eigenvalue weighted by Gasteiger charge is -2.16. The molecule has 0 aliphatic rings. The van der Waals surface area contributed by atoms with Gasteiger partial charge in [0.2, 0.25) is 0 Å². The van der Waals surface area contributed by atoms with E-state index in [1.165, 1.54) is 15.9 Å². The molecular formula is C28H26N2O5S.